The van der Waals surface area contributed by atoms with Gasteiger partial charge in [-0.25, -0.2) is 0 Å². The lowest BCUT2D eigenvalue weighted by Gasteiger charge is -2.45. The van der Waals surface area contributed by atoms with Crippen LogP contribution in [0.5, 0.6) is 0 Å². The number of hydrogen-bond acceptors (Lipinski definition) is 3. The van der Waals surface area contributed by atoms with E-state index in [0.29, 0.717) is 24.3 Å². The van der Waals surface area contributed by atoms with Crippen LogP contribution in [0.3, 0.4) is 0 Å². The molecule has 2 aromatic rings. The second-order valence-electron chi connectivity index (χ2n) is 6.78. The van der Waals surface area contributed by atoms with Crippen LogP contribution in [0.1, 0.15) is 29.9 Å². The molecule has 4 nitrogen and oxygen atoms in total. The first-order chi connectivity index (χ1) is 10.7. The number of carbonyl (C=O) groups excluding carboxylic acids is 1. The molecule has 1 saturated heterocycles. The quantitative estimate of drug-likeness (QED) is 0.867. The van der Waals surface area contributed by atoms with Crippen LogP contribution in [0.15, 0.2) is 24.4 Å². The average Bonchev–Trinajstić information content (AvgIpc) is 2.93. The van der Waals surface area contributed by atoms with Crippen molar-refractivity contribution in [3.05, 3.63) is 35.5 Å². The van der Waals surface area contributed by atoms with Crippen LogP contribution in [0.25, 0.3) is 10.9 Å². The van der Waals surface area contributed by atoms with Gasteiger partial charge >= 0.3 is 5.97 Å². The molecule has 1 unspecified atom stereocenters. The second kappa shape index (κ2) is 5.13. The summed E-state index contributed by atoms with van der Waals surface area (Å²) in [5, 5.41) is 1.41. The van der Waals surface area contributed by atoms with E-state index in [4.69, 9.17) is 4.74 Å². The maximum absolute atomic E-state index is 11.6. The van der Waals surface area contributed by atoms with E-state index >= 15 is 0 Å². The number of piperidine rings is 1. The lowest BCUT2D eigenvalue weighted by Crippen LogP contribution is -2.48. The molecule has 1 fully saturated rings. The normalized spacial score (nSPS) is 27.6. The van der Waals surface area contributed by atoms with Gasteiger partial charge in [0.2, 0.25) is 0 Å². The fourth-order valence-electron chi connectivity index (χ4n) is 4.52. The van der Waals surface area contributed by atoms with Crippen molar-refractivity contribution >= 4 is 16.9 Å². The van der Waals surface area contributed by atoms with E-state index in [2.05, 4.69) is 41.3 Å². The third-order valence-corrected chi connectivity index (χ3v) is 5.50. The molecule has 2 aliphatic rings. The van der Waals surface area contributed by atoms with Gasteiger partial charge in [-0.05, 0) is 43.0 Å². The van der Waals surface area contributed by atoms with Gasteiger partial charge in [-0.3, -0.25) is 4.79 Å². The summed E-state index contributed by atoms with van der Waals surface area (Å²) in [7, 11) is 3.67. The highest BCUT2D eigenvalue weighted by Crippen LogP contribution is 2.44. The van der Waals surface area contributed by atoms with Crippen molar-refractivity contribution in [1.29, 1.82) is 0 Å². The first-order valence-corrected chi connectivity index (χ1v) is 8.03. The van der Waals surface area contributed by atoms with Crippen LogP contribution >= 0.6 is 0 Å². The SMILES string of the molecule is COC(=O)C[C@@H]1CC2c3cccc4[nH]cc(c34)C[C@H]2N(C)C1. The number of H-pyrrole nitrogens is 1. The van der Waals surface area contributed by atoms with E-state index in [0.717, 1.165) is 19.4 Å². The molecule has 3 atom stereocenters. The number of nitrogens with one attached hydrogen (secondary N) is 1. The Morgan fingerprint density at radius 1 is 1.45 bits per heavy atom. The van der Waals surface area contributed by atoms with Crippen LogP contribution in [-0.2, 0) is 16.0 Å². The highest BCUT2D eigenvalue weighted by Gasteiger charge is 2.39. The number of carbonyl (C=O) groups is 1. The summed E-state index contributed by atoms with van der Waals surface area (Å²) in [6.07, 6.45) is 4.87. The number of ether oxygens (including phenoxy) is 1. The molecule has 1 aromatic carbocycles. The van der Waals surface area contributed by atoms with Gasteiger partial charge in [0.15, 0.2) is 0 Å². The maximum atomic E-state index is 11.6. The largest absolute Gasteiger partial charge is 0.469 e. The molecule has 1 aliphatic carbocycles. The third-order valence-electron chi connectivity index (χ3n) is 5.50. The molecule has 0 bridgehead atoms. The molecule has 1 aromatic heterocycles. The topological polar surface area (TPSA) is 45.3 Å². The Hall–Kier alpha value is -1.81. The highest BCUT2D eigenvalue weighted by molar-refractivity contribution is 5.88. The number of hydrogen-bond donors (Lipinski definition) is 1. The van der Waals surface area contributed by atoms with Crippen molar-refractivity contribution < 1.29 is 9.53 Å². The van der Waals surface area contributed by atoms with Crippen LogP contribution in [0.4, 0.5) is 0 Å². The first kappa shape index (κ1) is 13.8. The summed E-state index contributed by atoms with van der Waals surface area (Å²) < 4.78 is 4.86. The van der Waals surface area contributed by atoms with Gasteiger partial charge < -0.3 is 14.6 Å². The Morgan fingerprint density at radius 2 is 2.32 bits per heavy atom. The third kappa shape index (κ3) is 2.05. The smallest absolute Gasteiger partial charge is 0.305 e. The van der Waals surface area contributed by atoms with E-state index in [-0.39, 0.29) is 5.97 Å². The van der Waals surface area contributed by atoms with Crippen molar-refractivity contribution in [2.75, 3.05) is 20.7 Å². The number of likely N-dealkylation sites (tertiary alicyclic amines) is 1. The Morgan fingerprint density at radius 3 is 3.14 bits per heavy atom. The number of esters is 1. The van der Waals surface area contributed by atoms with E-state index < -0.39 is 0 Å². The summed E-state index contributed by atoms with van der Waals surface area (Å²) >= 11 is 0. The zero-order valence-corrected chi connectivity index (χ0v) is 13.1. The molecule has 1 aliphatic heterocycles. The van der Waals surface area contributed by atoms with Gasteiger partial charge in [-0.15, -0.1) is 0 Å². The zero-order valence-electron chi connectivity index (χ0n) is 13.1. The number of benzene rings is 1. The van der Waals surface area contributed by atoms with Gasteiger partial charge in [0.05, 0.1) is 7.11 Å². The van der Waals surface area contributed by atoms with Gasteiger partial charge in [0, 0.05) is 42.0 Å². The lowest BCUT2D eigenvalue weighted by atomic mass is 9.72. The monoisotopic (exact) mass is 298 g/mol. The predicted octanol–water partition coefficient (Wildman–Crippen LogP) is 2.69. The Balaban J connectivity index is 1.70. The van der Waals surface area contributed by atoms with E-state index in [1.54, 1.807) is 0 Å². The number of aromatic amines is 1. The van der Waals surface area contributed by atoms with Gasteiger partial charge in [-0.1, -0.05) is 12.1 Å². The van der Waals surface area contributed by atoms with Crippen molar-refractivity contribution in [2.24, 2.45) is 5.92 Å². The molecule has 1 N–H and O–H groups in total. The molecule has 0 spiro atoms. The minimum atomic E-state index is -0.0896. The van der Waals surface area contributed by atoms with Gasteiger partial charge in [0.25, 0.3) is 0 Å². The highest BCUT2D eigenvalue weighted by atomic mass is 16.5. The van der Waals surface area contributed by atoms with Gasteiger partial charge in [0.1, 0.15) is 0 Å². The first-order valence-electron chi connectivity index (χ1n) is 8.03. The molecule has 0 saturated carbocycles. The Bertz CT molecular complexity index is 721. The number of rotatable bonds is 2. The van der Waals surface area contributed by atoms with Crippen LogP contribution in [0, 0.1) is 5.92 Å². The molecule has 0 radical (unpaired) electrons. The second-order valence-corrected chi connectivity index (χ2v) is 6.78. The molecule has 116 valence electrons. The Labute approximate surface area is 130 Å². The van der Waals surface area contributed by atoms with E-state index in [1.165, 1.54) is 29.1 Å². The summed E-state index contributed by atoms with van der Waals surface area (Å²) in [5.41, 5.74) is 4.13. The minimum absolute atomic E-state index is 0.0896. The summed E-state index contributed by atoms with van der Waals surface area (Å²) in [5.74, 6) is 0.808. The molecule has 4 heteroatoms. The summed E-state index contributed by atoms with van der Waals surface area (Å²) in [6, 6.07) is 7.11. The lowest BCUT2D eigenvalue weighted by molar-refractivity contribution is -0.142. The number of fused-ring (bicyclic) bond motifs is 2. The number of likely N-dealkylation sites (N-methyl/N-ethyl adjacent to an activating group) is 1. The number of nitrogens with zero attached hydrogens (tertiary/aromatic N) is 1. The molecule has 0 amide bonds. The van der Waals surface area contributed by atoms with E-state index in [1.807, 2.05) is 0 Å². The fraction of sp³-hybridized carbons (Fsp3) is 0.500. The molecule has 2 heterocycles. The Kier molecular flexibility index (Phi) is 3.22. The minimum Gasteiger partial charge on any atom is -0.469 e. The van der Waals surface area contributed by atoms with Crippen molar-refractivity contribution in [2.45, 2.75) is 31.2 Å². The van der Waals surface area contributed by atoms with Crippen molar-refractivity contribution in [3.63, 3.8) is 0 Å². The standard InChI is InChI=1S/C18H22N2O2/c1-20-10-11(7-17(21)22-2)6-14-13-4-3-5-15-18(13)12(9-19-15)8-16(14)20/h3-5,9,11,14,16,19H,6-8,10H2,1-2H3/t11-,14?,16+/m0/s1. The molecular formula is C18H22N2O2. The summed E-state index contributed by atoms with van der Waals surface area (Å²) in [4.78, 5) is 17.5. The predicted molar refractivity (Wildman–Crippen MR) is 85.9 cm³/mol. The van der Waals surface area contributed by atoms with Crippen LogP contribution < -0.4 is 0 Å². The zero-order chi connectivity index (χ0) is 15.3. The molecule has 22 heavy (non-hydrogen) atoms. The number of aromatic nitrogens is 1. The van der Waals surface area contributed by atoms with E-state index in [9.17, 15) is 4.79 Å². The van der Waals surface area contributed by atoms with Crippen molar-refractivity contribution in [3.8, 4) is 0 Å². The number of methoxy groups -OCH3 is 1. The fourth-order valence-corrected chi connectivity index (χ4v) is 4.52. The van der Waals surface area contributed by atoms with Crippen LogP contribution in [-0.4, -0.2) is 42.6 Å². The molecular weight excluding hydrogens is 276 g/mol. The molecule has 4 rings (SSSR count). The van der Waals surface area contributed by atoms with Crippen molar-refractivity contribution in [1.82, 2.24) is 9.88 Å². The van der Waals surface area contributed by atoms with Gasteiger partial charge in [-0.2, -0.15) is 0 Å². The van der Waals surface area contributed by atoms with Crippen LogP contribution in [0.2, 0.25) is 0 Å². The summed E-state index contributed by atoms with van der Waals surface area (Å²) in [6.45, 7) is 0.978. The average molecular weight is 298 g/mol. The maximum Gasteiger partial charge on any atom is 0.305 e.